The number of carbonyl (C=O) groups excluding carboxylic acids is 2. The lowest BCUT2D eigenvalue weighted by atomic mass is 9.92. The fourth-order valence-corrected chi connectivity index (χ4v) is 3.45. The lowest BCUT2D eigenvalue weighted by Crippen LogP contribution is -2.20. The van der Waals surface area contributed by atoms with Crippen LogP contribution in [0.2, 0.25) is 0 Å². The minimum Gasteiger partial charge on any atom is -0.325 e. The zero-order valence-electron chi connectivity index (χ0n) is 16.7. The minimum absolute atomic E-state index is 0.130. The Morgan fingerprint density at radius 3 is 1.86 bits per heavy atom. The van der Waals surface area contributed by atoms with Gasteiger partial charge in [0.1, 0.15) is 5.82 Å². The number of hydrogen-bond acceptors (Lipinski definition) is 3. The Hall–Kier alpha value is -2.34. The van der Waals surface area contributed by atoms with Gasteiger partial charge in [-0.1, -0.05) is 45.9 Å². The maximum Gasteiger partial charge on any atom is 0.234 e. The van der Waals surface area contributed by atoms with Crippen molar-refractivity contribution in [2.45, 2.75) is 39.5 Å². The topological polar surface area (TPSA) is 58.2 Å². The number of hydrogen-bond donors (Lipinski definition) is 2. The maximum atomic E-state index is 12.9. The number of benzene rings is 2. The van der Waals surface area contributed by atoms with Gasteiger partial charge in [0.15, 0.2) is 0 Å². The molecule has 0 spiro atoms. The van der Waals surface area contributed by atoms with Gasteiger partial charge in [-0.2, -0.15) is 0 Å². The van der Waals surface area contributed by atoms with Gasteiger partial charge in [-0.05, 0) is 47.2 Å². The van der Waals surface area contributed by atoms with Gasteiger partial charge in [-0.15, -0.1) is 11.8 Å². The Bertz CT molecular complexity index is 794. The van der Waals surface area contributed by atoms with Crippen molar-refractivity contribution in [2.75, 3.05) is 22.1 Å². The maximum absolute atomic E-state index is 12.9. The molecule has 2 N–H and O–H groups in total. The van der Waals surface area contributed by atoms with Gasteiger partial charge < -0.3 is 10.6 Å². The summed E-state index contributed by atoms with van der Waals surface area (Å²) in [6.07, 6.45) is 0. The molecular formula is C22H27FN2O2S. The summed E-state index contributed by atoms with van der Waals surface area (Å²) in [6.45, 7) is 8.40. The average molecular weight is 403 g/mol. The molecule has 4 nitrogen and oxygen atoms in total. The Morgan fingerprint density at radius 2 is 1.36 bits per heavy atom. The van der Waals surface area contributed by atoms with Crippen molar-refractivity contribution in [3.8, 4) is 0 Å². The number of para-hydroxylation sites is 1. The third-order valence-corrected chi connectivity index (χ3v) is 5.16. The van der Waals surface area contributed by atoms with E-state index in [2.05, 4.69) is 38.3 Å². The molecule has 0 radical (unpaired) electrons. The van der Waals surface area contributed by atoms with Gasteiger partial charge in [-0.25, -0.2) is 4.39 Å². The van der Waals surface area contributed by atoms with E-state index in [-0.39, 0.29) is 29.1 Å². The van der Waals surface area contributed by atoms with Crippen molar-refractivity contribution in [1.29, 1.82) is 0 Å². The normalized spacial score (nSPS) is 11.0. The number of rotatable bonds is 8. The molecule has 0 heterocycles. The van der Waals surface area contributed by atoms with Crippen molar-refractivity contribution in [2.24, 2.45) is 0 Å². The quantitative estimate of drug-likeness (QED) is 0.623. The third kappa shape index (κ3) is 6.37. The second kappa shape index (κ2) is 10.3. The number of anilines is 2. The molecule has 0 unspecified atom stereocenters. The second-order valence-electron chi connectivity index (χ2n) is 7.22. The summed E-state index contributed by atoms with van der Waals surface area (Å²) in [5.41, 5.74) is 3.63. The highest BCUT2D eigenvalue weighted by Crippen LogP contribution is 2.32. The lowest BCUT2D eigenvalue weighted by molar-refractivity contribution is -0.114. The zero-order chi connectivity index (χ0) is 20.7. The first-order valence-electron chi connectivity index (χ1n) is 9.33. The van der Waals surface area contributed by atoms with E-state index in [1.807, 2.05) is 18.2 Å². The molecule has 0 aliphatic heterocycles. The van der Waals surface area contributed by atoms with Crippen molar-refractivity contribution in [1.82, 2.24) is 0 Å². The highest BCUT2D eigenvalue weighted by atomic mass is 32.2. The van der Waals surface area contributed by atoms with Crippen LogP contribution in [-0.2, 0) is 9.59 Å². The first kappa shape index (κ1) is 22.0. The van der Waals surface area contributed by atoms with E-state index in [9.17, 15) is 14.0 Å². The predicted octanol–water partition coefficient (Wildman–Crippen LogP) is 5.38. The third-order valence-electron chi connectivity index (χ3n) is 4.23. The number of carbonyl (C=O) groups is 2. The van der Waals surface area contributed by atoms with Crippen molar-refractivity contribution < 1.29 is 14.0 Å². The molecule has 0 saturated heterocycles. The number of halogens is 1. The van der Waals surface area contributed by atoms with E-state index in [1.54, 1.807) is 0 Å². The number of thioether (sulfide) groups is 1. The van der Waals surface area contributed by atoms with Crippen LogP contribution in [0.1, 0.15) is 50.7 Å². The monoisotopic (exact) mass is 402 g/mol. The van der Waals surface area contributed by atoms with E-state index in [1.165, 1.54) is 36.0 Å². The van der Waals surface area contributed by atoms with Crippen LogP contribution >= 0.6 is 11.8 Å². The average Bonchev–Trinajstić information content (AvgIpc) is 2.63. The summed E-state index contributed by atoms with van der Waals surface area (Å²) in [6, 6.07) is 11.7. The minimum atomic E-state index is -0.355. The van der Waals surface area contributed by atoms with Gasteiger partial charge in [0.25, 0.3) is 0 Å². The molecule has 2 aromatic rings. The summed E-state index contributed by atoms with van der Waals surface area (Å²) in [5, 5.41) is 5.72. The predicted molar refractivity (Wildman–Crippen MR) is 116 cm³/mol. The van der Waals surface area contributed by atoms with Crippen molar-refractivity contribution in [3.63, 3.8) is 0 Å². The van der Waals surface area contributed by atoms with Gasteiger partial charge in [0, 0.05) is 11.4 Å². The summed E-state index contributed by atoms with van der Waals surface area (Å²) in [5.74, 6) is 0.205. The lowest BCUT2D eigenvalue weighted by Gasteiger charge is -2.20. The molecule has 6 heteroatoms. The highest BCUT2D eigenvalue weighted by molar-refractivity contribution is 8.00. The van der Waals surface area contributed by atoms with Gasteiger partial charge >= 0.3 is 0 Å². The van der Waals surface area contributed by atoms with Crippen molar-refractivity contribution in [3.05, 3.63) is 59.4 Å². The van der Waals surface area contributed by atoms with Crippen LogP contribution in [-0.4, -0.2) is 23.3 Å². The largest absolute Gasteiger partial charge is 0.325 e. The van der Waals surface area contributed by atoms with Crippen LogP contribution in [0, 0.1) is 5.82 Å². The second-order valence-corrected chi connectivity index (χ2v) is 8.20. The zero-order valence-corrected chi connectivity index (χ0v) is 17.5. The summed E-state index contributed by atoms with van der Waals surface area (Å²) in [7, 11) is 0. The Kier molecular flexibility index (Phi) is 8.05. The summed E-state index contributed by atoms with van der Waals surface area (Å²) in [4.78, 5) is 24.4. The summed E-state index contributed by atoms with van der Waals surface area (Å²) < 4.78 is 12.9. The Morgan fingerprint density at radius 1 is 0.857 bits per heavy atom. The van der Waals surface area contributed by atoms with E-state index in [0.29, 0.717) is 17.5 Å². The molecule has 2 rings (SSSR count). The molecule has 0 aromatic heterocycles. The first-order valence-corrected chi connectivity index (χ1v) is 10.5. The van der Waals surface area contributed by atoms with Gasteiger partial charge in [0.2, 0.25) is 11.8 Å². The van der Waals surface area contributed by atoms with Crippen LogP contribution in [0.25, 0.3) is 0 Å². The molecule has 0 saturated carbocycles. The number of amides is 2. The molecule has 2 aromatic carbocycles. The molecule has 0 fully saturated rings. The molecule has 0 atom stereocenters. The van der Waals surface area contributed by atoms with E-state index < -0.39 is 0 Å². The van der Waals surface area contributed by atoms with Gasteiger partial charge in [-0.3, -0.25) is 9.59 Å². The van der Waals surface area contributed by atoms with Crippen LogP contribution < -0.4 is 10.6 Å². The van der Waals surface area contributed by atoms with Crippen LogP contribution in [0.4, 0.5) is 15.8 Å². The SMILES string of the molecule is CC(C)c1cccc(C(C)C)c1NC(=O)CSCC(=O)Nc1ccc(F)cc1. The molecule has 150 valence electrons. The van der Waals surface area contributed by atoms with E-state index in [4.69, 9.17) is 0 Å². The van der Waals surface area contributed by atoms with E-state index in [0.717, 1.165) is 16.8 Å². The Labute approximate surface area is 170 Å². The fourth-order valence-electron chi connectivity index (χ4n) is 2.84. The van der Waals surface area contributed by atoms with Crippen LogP contribution in [0.3, 0.4) is 0 Å². The van der Waals surface area contributed by atoms with Crippen molar-refractivity contribution >= 4 is 35.0 Å². The molecule has 0 aliphatic rings. The van der Waals surface area contributed by atoms with Gasteiger partial charge in [0.05, 0.1) is 11.5 Å². The van der Waals surface area contributed by atoms with E-state index >= 15 is 0 Å². The molecular weight excluding hydrogens is 375 g/mol. The Balaban J connectivity index is 1.90. The highest BCUT2D eigenvalue weighted by Gasteiger charge is 2.16. The molecule has 0 aliphatic carbocycles. The van der Waals surface area contributed by atoms with Crippen LogP contribution in [0.5, 0.6) is 0 Å². The first-order chi connectivity index (χ1) is 13.3. The number of nitrogens with one attached hydrogen (secondary N) is 2. The fraction of sp³-hybridized carbons (Fsp3) is 0.364. The molecule has 28 heavy (non-hydrogen) atoms. The standard InChI is InChI=1S/C22H27FN2O2S/c1-14(2)18-6-5-7-19(15(3)4)22(18)25-21(27)13-28-12-20(26)24-17-10-8-16(23)9-11-17/h5-11,14-15H,12-13H2,1-4H3,(H,24,26)(H,25,27). The molecule has 0 bridgehead atoms. The summed E-state index contributed by atoms with van der Waals surface area (Å²) >= 11 is 1.24. The smallest absolute Gasteiger partial charge is 0.234 e. The molecule has 2 amide bonds. The van der Waals surface area contributed by atoms with Crippen LogP contribution in [0.15, 0.2) is 42.5 Å².